The lowest BCUT2D eigenvalue weighted by Crippen LogP contribution is -2.11. The smallest absolute Gasteiger partial charge is 0.135 e. The lowest BCUT2D eigenvalue weighted by atomic mass is 9.78. The molecule has 0 atom stereocenters. The number of thiol groups is 1. The number of hydrogen-bond donors (Lipinski definition) is 2. The molecular formula is C18H25NS2. The van der Waals surface area contributed by atoms with Crippen molar-refractivity contribution in [3.8, 4) is 0 Å². The molecule has 0 bridgehead atoms. The van der Waals surface area contributed by atoms with E-state index in [1.165, 1.54) is 44.1 Å². The molecular weight excluding hydrogens is 294 g/mol. The normalized spacial score (nSPS) is 22.4. The van der Waals surface area contributed by atoms with E-state index in [2.05, 4.69) is 61.3 Å². The Morgan fingerprint density at radius 2 is 1.90 bits per heavy atom. The van der Waals surface area contributed by atoms with Gasteiger partial charge in [-0.3, -0.25) is 0 Å². The molecule has 0 unspecified atom stereocenters. The molecule has 0 aromatic heterocycles. The maximum Gasteiger partial charge on any atom is 0.135 e. The zero-order valence-corrected chi connectivity index (χ0v) is 14.4. The molecule has 1 aromatic carbocycles. The minimum Gasteiger partial charge on any atom is -0.341 e. The lowest BCUT2D eigenvalue weighted by molar-refractivity contribution is 0.375. The molecule has 21 heavy (non-hydrogen) atoms. The summed E-state index contributed by atoms with van der Waals surface area (Å²) in [5.74, 6) is 1.52. The van der Waals surface area contributed by atoms with Crippen LogP contribution in [-0.4, -0.2) is 4.32 Å². The Balaban J connectivity index is 1.85. The van der Waals surface area contributed by atoms with E-state index in [0.29, 0.717) is 4.32 Å². The summed E-state index contributed by atoms with van der Waals surface area (Å²) in [5, 5.41) is 3.06. The van der Waals surface area contributed by atoms with Gasteiger partial charge in [0.2, 0.25) is 0 Å². The fourth-order valence-electron chi connectivity index (χ4n) is 3.06. The summed E-state index contributed by atoms with van der Waals surface area (Å²) < 4.78 is 0.516. The average Bonchev–Trinajstić information content (AvgIpc) is 2.49. The Labute approximate surface area is 139 Å². The van der Waals surface area contributed by atoms with Gasteiger partial charge in [-0.2, -0.15) is 0 Å². The highest BCUT2D eigenvalue weighted by Gasteiger charge is 2.20. The summed E-state index contributed by atoms with van der Waals surface area (Å²) in [5.41, 5.74) is 2.48. The fraction of sp³-hybridized carbons (Fsp3) is 0.500. The number of anilines is 1. The van der Waals surface area contributed by atoms with Gasteiger partial charge >= 0.3 is 0 Å². The molecule has 1 aromatic rings. The van der Waals surface area contributed by atoms with Crippen molar-refractivity contribution in [2.45, 2.75) is 51.4 Å². The van der Waals surface area contributed by atoms with Gasteiger partial charge in [-0.05, 0) is 61.6 Å². The van der Waals surface area contributed by atoms with E-state index >= 15 is 0 Å². The SMILES string of the molecule is CCCC=C[C@H]1CC[C@H](c2ccc(NC(=S)S)cc2)CC1. The summed E-state index contributed by atoms with van der Waals surface area (Å²) >= 11 is 9.03. The number of thiocarbonyl (C=S) groups is 1. The first-order valence-electron chi connectivity index (χ1n) is 7.95. The van der Waals surface area contributed by atoms with Crippen LogP contribution in [0.15, 0.2) is 36.4 Å². The quantitative estimate of drug-likeness (QED) is 0.395. The van der Waals surface area contributed by atoms with Crippen LogP contribution in [0, 0.1) is 5.92 Å². The molecule has 1 N–H and O–H groups in total. The predicted octanol–water partition coefficient (Wildman–Crippen LogP) is 5.94. The highest BCUT2D eigenvalue weighted by atomic mass is 32.1. The van der Waals surface area contributed by atoms with Gasteiger partial charge in [0.05, 0.1) is 0 Å². The number of rotatable bonds is 5. The molecule has 0 amide bonds. The third-order valence-corrected chi connectivity index (χ3v) is 4.48. The van der Waals surface area contributed by atoms with Gasteiger partial charge in [0.25, 0.3) is 0 Å². The second-order valence-corrected chi connectivity index (χ2v) is 7.04. The minimum atomic E-state index is 0.516. The van der Waals surface area contributed by atoms with Gasteiger partial charge in [0.1, 0.15) is 4.32 Å². The van der Waals surface area contributed by atoms with Crippen molar-refractivity contribution in [1.82, 2.24) is 0 Å². The van der Waals surface area contributed by atoms with Crippen LogP contribution in [0.25, 0.3) is 0 Å². The Bertz CT molecular complexity index is 470. The van der Waals surface area contributed by atoms with Crippen LogP contribution in [0.5, 0.6) is 0 Å². The molecule has 114 valence electrons. The average molecular weight is 320 g/mol. The van der Waals surface area contributed by atoms with Crippen LogP contribution >= 0.6 is 24.8 Å². The van der Waals surface area contributed by atoms with Crippen LogP contribution in [0.2, 0.25) is 0 Å². The van der Waals surface area contributed by atoms with Gasteiger partial charge in [-0.1, -0.05) is 49.8 Å². The molecule has 1 saturated carbocycles. The van der Waals surface area contributed by atoms with Crippen molar-refractivity contribution in [3.05, 3.63) is 42.0 Å². The maximum atomic E-state index is 4.94. The molecule has 0 radical (unpaired) electrons. The van der Waals surface area contributed by atoms with Crippen LogP contribution in [0.3, 0.4) is 0 Å². The number of benzene rings is 1. The molecule has 3 heteroatoms. The highest BCUT2D eigenvalue weighted by molar-refractivity contribution is 8.11. The van der Waals surface area contributed by atoms with Crippen molar-refractivity contribution < 1.29 is 0 Å². The summed E-state index contributed by atoms with van der Waals surface area (Å²) in [6, 6.07) is 8.66. The first-order valence-corrected chi connectivity index (χ1v) is 8.81. The zero-order chi connectivity index (χ0) is 15.1. The van der Waals surface area contributed by atoms with Gasteiger partial charge in [-0.15, -0.1) is 12.6 Å². The Morgan fingerprint density at radius 1 is 1.24 bits per heavy atom. The summed E-state index contributed by atoms with van der Waals surface area (Å²) in [7, 11) is 0. The molecule has 0 saturated heterocycles. The first-order chi connectivity index (χ1) is 10.2. The van der Waals surface area contributed by atoms with Crippen molar-refractivity contribution in [3.63, 3.8) is 0 Å². The maximum absolute atomic E-state index is 4.94. The van der Waals surface area contributed by atoms with E-state index in [-0.39, 0.29) is 0 Å². The van der Waals surface area contributed by atoms with Crippen LogP contribution in [-0.2, 0) is 0 Å². The lowest BCUT2D eigenvalue weighted by Gasteiger charge is -2.27. The van der Waals surface area contributed by atoms with Gasteiger partial charge in [-0.25, -0.2) is 0 Å². The molecule has 1 fully saturated rings. The zero-order valence-electron chi connectivity index (χ0n) is 12.7. The summed E-state index contributed by atoms with van der Waals surface area (Å²) in [6.45, 7) is 2.24. The highest BCUT2D eigenvalue weighted by Crippen LogP contribution is 2.36. The van der Waals surface area contributed by atoms with Crippen molar-refractivity contribution in [1.29, 1.82) is 0 Å². The van der Waals surface area contributed by atoms with Gasteiger partial charge < -0.3 is 5.32 Å². The fourth-order valence-corrected chi connectivity index (χ4v) is 3.31. The van der Waals surface area contributed by atoms with Gasteiger partial charge in [0.15, 0.2) is 0 Å². The Morgan fingerprint density at radius 3 is 2.48 bits per heavy atom. The second kappa shape index (κ2) is 8.60. The molecule has 0 spiro atoms. The van der Waals surface area contributed by atoms with Gasteiger partial charge in [0, 0.05) is 5.69 Å². The topological polar surface area (TPSA) is 12.0 Å². The summed E-state index contributed by atoms with van der Waals surface area (Å²) in [6.07, 6.45) is 12.5. The third kappa shape index (κ3) is 5.48. The molecule has 0 heterocycles. The molecule has 2 rings (SSSR count). The van der Waals surface area contributed by atoms with E-state index in [0.717, 1.165) is 17.5 Å². The first kappa shape index (κ1) is 16.6. The monoisotopic (exact) mass is 319 g/mol. The summed E-state index contributed by atoms with van der Waals surface area (Å²) in [4.78, 5) is 0. The molecule has 1 nitrogen and oxygen atoms in total. The van der Waals surface area contributed by atoms with E-state index in [9.17, 15) is 0 Å². The predicted molar refractivity (Wildman–Crippen MR) is 100 cm³/mol. The van der Waals surface area contributed by atoms with E-state index < -0.39 is 0 Å². The molecule has 0 aliphatic heterocycles. The number of unbranched alkanes of at least 4 members (excludes halogenated alkanes) is 1. The third-order valence-electron chi connectivity index (χ3n) is 4.27. The second-order valence-electron chi connectivity index (χ2n) is 5.88. The number of hydrogen-bond acceptors (Lipinski definition) is 1. The van der Waals surface area contributed by atoms with Crippen LogP contribution in [0.4, 0.5) is 5.69 Å². The van der Waals surface area contributed by atoms with Crippen LogP contribution in [0.1, 0.15) is 56.9 Å². The number of allylic oxidation sites excluding steroid dienone is 2. The van der Waals surface area contributed by atoms with Crippen molar-refractivity contribution >= 4 is 34.9 Å². The van der Waals surface area contributed by atoms with Crippen LogP contribution < -0.4 is 5.32 Å². The standard InChI is InChI=1S/C18H25NS2/c1-2-3-4-5-14-6-8-15(9-7-14)16-10-12-17(13-11-16)19-18(20)21/h4-5,10-15H,2-3,6-9H2,1H3,(H2,19,20,21)/t14-,15-. The van der Waals surface area contributed by atoms with E-state index in [4.69, 9.17) is 12.2 Å². The Kier molecular flexibility index (Phi) is 6.78. The van der Waals surface area contributed by atoms with E-state index in [1.54, 1.807) is 0 Å². The largest absolute Gasteiger partial charge is 0.341 e. The number of nitrogens with one attached hydrogen (secondary N) is 1. The molecule has 1 aliphatic carbocycles. The Hall–Kier alpha value is -0.800. The minimum absolute atomic E-state index is 0.516. The molecule has 1 aliphatic rings. The van der Waals surface area contributed by atoms with Crippen molar-refractivity contribution in [2.24, 2.45) is 5.92 Å². The van der Waals surface area contributed by atoms with E-state index in [1.807, 2.05) is 0 Å². The van der Waals surface area contributed by atoms with Crippen molar-refractivity contribution in [2.75, 3.05) is 5.32 Å².